The van der Waals surface area contributed by atoms with Gasteiger partial charge in [0, 0.05) is 17.6 Å². The highest BCUT2D eigenvalue weighted by Gasteiger charge is 2.39. The molecule has 3 amide bonds. The third-order valence-electron chi connectivity index (χ3n) is 6.48. The van der Waals surface area contributed by atoms with Crippen molar-refractivity contribution in [3.05, 3.63) is 29.8 Å². The van der Waals surface area contributed by atoms with Gasteiger partial charge in [-0.2, -0.15) is 0 Å². The fourth-order valence-corrected chi connectivity index (χ4v) is 4.33. The third kappa shape index (κ3) is 12.3. The second-order valence-corrected chi connectivity index (χ2v) is 12.5. The van der Waals surface area contributed by atoms with Gasteiger partial charge in [-0.05, 0) is 59.9 Å². The number of rotatable bonds is 14. The summed E-state index contributed by atoms with van der Waals surface area (Å²) in [5, 5.41) is 16.6. The molecule has 8 heteroatoms. The van der Waals surface area contributed by atoms with Gasteiger partial charge in [-0.15, -0.1) is 0 Å². The Morgan fingerprint density at radius 2 is 1.54 bits per heavy atom. The summed E-state index contributed by atoms with van der Waals surface area (Å²) >= 11 is 0. The molecule has 8 nitrogen and oxygen atoms in total. The molecule has 0 aliphatic rings. The predicted molar refractivity (Wildman–Crippen MR) is 156 cm³/mol. The molecule has 39 heavy (non-hydrogen) atoms. The highest BCUT2D eigenvalue weighted by Crippen LogP contribution is 2.31. The van der Waals surface area contributed by atoms with Crippen molar-refractivity contribution in [2.75, 3.05) is 6.54 Å². The Bertz CT molecular complexity index is 920. The first-order valence-electron chi connectivity index (χ1n) is 14.5. The van der Waals surface area contributed by atoms with Crippen molar-refractivity contribution in [3.63, 3.8) is 0 Å². The van der Waals surface area contributed by atoms with Crippen molar-refractivity contribution in [1.29, 1.82) is 0 Å². The van der Waals surface area contributed by atoms with Crippen LogP contribution in [0.2, 0.25) is 0 Å². The van der Waals surface area contributed by atoms with E-state index in [2.05, 4.69) is 17.6 Å². The lowest BCUT2D eigenvalue weighted by molar-refractivity contribution is -0.144. The topological polar surface area (TPSA) is 108 Å². The Hall–Kier alpha value is -2.77. The zero-order valence-electron chi connectivity index (χ0n) is 25.7. The molecule has 222 valence electrons. The molecule has 0 radical (unpaired) electrons. The number of phenolic OH excluding ortho intramolecular Hbond substituents is 1. The molecule has 0 fully saturated rings. The molecule has 0 saturated carbocycles. The van der Waals surface area contributed by atoms with Gasteiger partial charge < -0.3 is 25.4 Å². The van der Waals surface area contributed by atoms with Crippen molar-refractivity contribution in [1.82, 2.24) is 15.5 Å². The fourth-order valence-electron chi connectivity index (χ4n) is 4.33. The van der Waals surface area contributed by atoms with Crippen LogP contribution >= 0.6 is 0 Å². The molecule has 0 heterocycles. The Morgan fingerprint density at radius 1 is 0.949 bits per heavy atom. The maximum atomic E-state index is 14.3. The van der Waals surface area contributed by atoms with E-state index in [1.54, 1.807) is 39.0 Å². The first-order valence-corrected chi connectivity index (χ1v) is 14.5. The molecule has 3 N–H and O–H groups in total. The first kappa shape index (κ1) is 34.3. The molecule has 0 aromatic heterocycles. The lowest BCUT2D eigenvalue weighted by Crippen LogP contribution is -2.56. The normalized spacial score (nSPS) is 14.2. The molecule has 1 rings (SSSR count). The summed E-state index contributed by atoms with van der Waals surface area (Å²) < 4.78 is 5.47. The van der Waals surface area contributed by atoms with Crippen LogP contribution in [0, 0.1) is 5.92 Å². The fraction of sp³-hybridized carbons (Fsp3) is 0.710. The summed E-state index contributed by atoms with van der Waals surface area (Å²) in [4.78, 5) is 42.4. The summed E-state index contributed by atoms with van der Waals surface area (Å²) in [6, 6.07) is 4.64. The van der Waals surface area contributed by atoms with Crippen LogP contribution in [0.3, 0.4) is 0 Å². The molecule has 0 bridgehead atoms. The summed E-state index contributed by atoms with van der Waals surface area (Å²) in [6.07, 6.45) is 6.01. The number of nitrogens with zero attached hydrogens (tertiary/aromatic N) is 1. The zero-order chi connectivity index (χ0) is 29.8. The van der Waals surface area contributed by atoms with E-state index in [0.29, 0.717) is 24.9 Å². The minimum atomic E-state index is -1.07. The van der Waals surface area contributed by atoms with Crippen LogP contribution in [0.1, 0.15) is 119 Å². The van der Waals surface area contributed by atoms with Gasteiger partial charge in [-0.25, -0.2) is 4.79 Å². The van der Waals surface area contributed by atoms with Crippen LogP contribution in [-0.4, -0.2) is 51.6 Å². The van der Waals surface area contributed by atoms with Crippen LogP contribution in [0.15, 0.2) is 24.3 Å². The lowest BCUT2D eigenvalue weighted by atomic mass is 9.94. The predicted octanol–water partition coefficient (Wildman–Crippen LogP) is 6.48. The Labute approximate surface area is 236 Å². The summed E-state index contributed by atoms with van der Waals surface area (Å²) in [7, 11) is 0. The quantitative estimate of drug-likeness (QED) is 0.231. The molecular formula is C31H53N3O5. The van der Waals surface area contributed by atoms with E-state index in [9.17, 15) is 19.5 Å². The molecule has 0 saturated heterocycles. The maximum Gasteiger partial charge on any atom is 0.408 e. The van der Waals surface area contributed by atoms with Crippen LogP contribution in [0.25, 0.3) is 0 Å². The van der Waals surface area contributed by atoms with E-state index < -0.39 is 29.3 Å². The third-order valence-corrected chi connectivity index (χ3v) is 6.48. The maximum absolute atomic E-state index is 14.3. The second-order valence-electron chi connectivity index (χ2n) is 12.5. The lowest BCUT2D eigenvalue weighted by Gasteiger charge is -2.37. The number of carbonyl (C=O) groups excluding carboxylic acids is 3. The molecule has 0 aliphatic carbocycles. The van der Waals surface area contributed by atoms with Crippen molar-refractivity contribution in [2.24, 2.45) is 5.92 Å². The first-order chi connectivity index (χ1) is 18.1. The molecule has 1 aromatic carbocycles. The molecule has 3 atom stereocenters. The van der Waals surface area contributed by atoms with Gasteiger partial charge in [-0.1, -0.05) is 77.5 Å². The van der Waals surface area contributed by atoms with Gasteiger partial charge in [0.25, 0.3) is 0 Å². The van der Waals surface area contributed by atoms with E-state index in [1.807, 2.05) is 34.6 Å². The Kier molecular flexibility index (Phi) is 13.8. The SMILES string of the molecule is CCCCCCCCN(C(=O)C(NC(=O)OC(C)(C)C)C(C)CC)C(C(=O)NC(C)(C)C)c1ccccc1O. The average Bonchev–Trinajstić information content (AvgIpc) is 2.81. The number of phenols is 1. The van der Waals surface area contributed by atoms with Gasteiger partial charge in [0.05, 0.1) is 0 Å². The standard InChI is InChI=1S/C31H53N3O5/c1-10-12-13-14-15-18-21-34(28(37)25(22(3)11-2)32-29(38)39-31(7,8)9)26(27(36)33-30(4,5)6)23-19-16-17-20-24(23)35/h16-17,19-20,22,25-26,35H,10-15,18,21H2,1-9H3,(H,32,38)(H,33,36). The molecule has 0 spiro atoms. The number of benzene rings is 1. The number of alkyl carbamates (subject to hydrolysis) is 1. The Morgan fingerprint density at radius 3 is 2.08 bits per heavy atom. The van der Waals surface area contributed by atoms with E-state index in [4.69, 9.17) is 4.74 Å². The molecule has 1 aromatic rings. The molecule has 3 unspecified atom stereocenters. The largest absolute Gasteiger partial charge is 0.508 e. The van der Waals surface area contributed by atoms with Crippen LogP contribution in [-0.2, 0) is 14.3 Å². The van der Waals surface area contributed by atoms with Gasteiger partial charge in [0.2, 0.25) is 11.8 Å². The number of ether oxygens (including phenoxy) is 1. The van der Waals surface area contributed by atoms with Gasteiger partial charge >= 0.3 is 6.09 Å². The van der Waals surface area contributed by atoms with Crippen molar-refractivity contribution < 1.29 is 24.2 Å². The zero-order valence-corrected chi connectivity index (χ0v) is 25.7. The van der Waals surface area contributed by atoms with Crippen LogP contribution < -0.4 is 10.6 Å². The van der Waals surface area contributed by atoms with Crippen LogP contribution in [0.5, 0.6) is 5.75 Å². The number of nitrogens with one attached hydrogen (secondary N) is 2. The number of para-hydroxylation sites is 1. The Balaban J connectivity index is 3.52. The van der Waals surface area contributed by atoms with Crippen LogP contribution in [0.4, 0.5) is 4.79 Å². The van der Waals surface area contributed by atoms with Gasteiger partial charge in [0.1, 0.15) is 23.4 Å². The van der Waals surface area contributed by atoms with E-state index in [0.717, 1.165) is 32.1 Å². The van der Waals surface area contributed by atoms with Crippen molar-refractivity contribution in [2.45, 2.75) is 130 Å². The number of unbranched alkanes of at least 4 members (excludes halogenated alkanes) is 5. The van der Waals surface area contributed by atoms with E-state index in [1.165, 1.54) is 11.0 Å². The van der Waals surface area contributed by atoms with E-state index >= 15 is 0 Å². The molecule has 0 aliphatic heterocycles. The van der Waals surface area contributed by atoms with Crippen molar-refractivity contribution in [3.8, 4) is 5.75 Å². The van der Waals surface area contributed by atoms with Crippen molar-refractivity contribution >= 4 is 17.9 Å². The number of amides is 3. The highest BCUT2D eigenvalue weighted by molar-refractivity contribution is 5.93. The number of hydrogen-bond donors (Lipinski definition) is 3. The minimum Gasteiger partial charge on any atom is -0.508 e. The monoisotopic (exact) mass is 547 g/mol. The second kappa shape index (κ2) is 15.7. The van der Waals surface area contributed by atoms with Gasteiger partial charge in [0.15, 0.2) is 0 Å². The molecular weight excluding hydrogens is 494 g/mol. The van der Waals surface area contributed by atoms with E-state index in [-0.39, 0.29) is 23.5 Å². The summed E-state index contributed by atoms with van der Waals surface area (Å²) in [5.41, 5.74) is -0.936. The smallest absolute Gasteiger partial charge is 0.408 e. The summed E-state index contributed by atoms with van der Waals surface area (Å²) in [6.45, 7) is 17.2. The number of aromatic hydroxyl groups is 1. The summed E-state index contributed by atoms with van der Waals surface area (Å²) in [5.74, 6) is -1.04. The average molecular weight is 548 g/mol. The van der Waals surface area contributed by atoms with Gasteiger partial charge in [-0.3, -0.25) is 9.59 Å². The highest BCUT2D eigenvalue weighted by atomic mass is 16.6. The number of carbonyl (C=O) groups is 3. The minimum absolute atomic E-state index is 0.0625. The number of hydrogen-bond acceptors (Lipinski definition) is 5.